The smallest absolute Gasteiger partial charge is 0.237 e. The molecule has 3 unspecified atom stereocenters. The van der Waals surface area contributed by atoms with E-state index in [0.29, 0.717) is 19.0 Å². The summed E-state index contributed by atoms with van der Waals surface area (Å²) in [6.45, 7) is 8.30. The first-order valence-corrected chi connectivity index (χ1v) is 8.00. The van der Waals surface area contributed by atoms with Crippen LogP contribution < -0.4 is 10.6 Å². The molecule has 2 heterocycles. The van der Waals surface area contributed by atoms with Crippen LogP contribution in [0.15, 0.2) is 0 Å². The fourth-order valence-electron chi connectivity index (χ4n) is 3.35. The maximum Gasteiger partial charge on any atom is 0.237 e. The number of amides is 1. The van der Waals surface area contributed by atoms with E-state index in [2.05, 4.69) is 29.4 Å². The molecular formula is C15H29N3O2. The van der Waals surface area contributed by atoms with Crippen molar-refractivity contribution in [2.45, 2.75) is 45.3 Å². The van der Waals surface area contributed by atoms with Crippen LogP contribution in [-0.2, 0) is 4.79 Å². The van der Waals surface area contributed by atoms with Crippen molar-refractivity contribution in [2.24, 2.45) is 11.8 Å². The largest absolute Gasteiger partial charge is 0.391 e. The van der Waals surface area contributed by atoms with Gasteiger partial charge in [0.1, 0.15) is 0 Å². The van der Waals surface area contributed by atoms with E-state index in [4.69, 9.17) is 0 Å². The number of nitrogens with one attached hydrogen (secondary N) is 2. The molecule has 0 aliphatic carbocycles. The number of nitrogens with zero attached hydrogens (tertiary/aromatic N) is 1. The SMILES string of the molecule is CC(C)C(C(=O)NCC1CNCC1O)N1CCCCC1. The van der Waals surface area contributed by atoms with Crippen LogP contribution in [-0.4, -0.2) is 60.8 Å². The van der Waals surface area contributed by atoms with Gasteiger partial charge in [-0.05, 0) is 31.8 Å². The normalized spacial score (nSPS) is 29.6. The Balaban J connectivity index is 1.86. The highest BCUT2D eigenvalue weighted by Gasteiger charge is 2.31. The second-order valence-corrected chi connectivity index (χ2v) is 6.52. The lowest BCUT2D eigenvalue weighted by Crippen LogP contribution is -2.52. The summed E-state index contributed by atoms with van der Waals surface area (Å²) in [6, 6.07) is -0.0261. The van der Waals surface area contributed by atoms with E-state index >= 15 is 0 Å². The van der Waals surface area contributed by atoms with Crippen molar-refractivity contribution < 1.29 is 9.90 Å². The molecule has 116 valence electrons. The van der Waals surface area contributed by atoms with Crippen molar-refractivity contribution in [3.05, 3.63) is 0 Å². The van der Waals surface area contributed by atoms with Crippen LogP contribution in [0.5, 0.6) is 0 Å². The number of hydrogen-bond donors (Lipinski definition) is 3. The molecule has 0 spiro atoms. The standard InChI is InChI=1S/C15H29N3O2/c1-11(2)14(18-6-4-3-5-7-18)15(20)17-9-12-8-16-10-13(12)19/h11-14,16,19H,3-10H2,1-2H3,(H,17,20). The van der Waals surface area contributed by atoms with E-state index in [1.807, 2.05) is 0 Å². The van der Waals surface area contributed by atoms with Crippen LogP contribution in [0.4, 0.5) is 0 Å². The Morgan fingerprint density at radius 2 is 2.00 bits per heavy atom. The van der Waals surface area contributed by atoms with Crippen molar-refractivity contribution in [1.29, 1.82) is 0 Å². The monoisotopic (exact) mass is 283 g/mol. The first-order chi connectivity index (χ1) is 9.59. The van der Waals surface area contributed by atoms with E-state index in [9.17, 15) is 9.90 Å². The van der Waals surface area contributed by atoms with E-state index in [0.717, 1.165) is 19.6 Å². The molecule has 0 aromatic heterocycles. The minimum atomic E-state index is -0.331. The third-order valence-electron chi connectivity index (χ3n) is 4.53. The van der Waals surface area contributed by atoms with Gasteiger partial charge in [0.15, 0.2) is 0 Å². The lowest BCUT2D eigenvalue weighted by Gasteiger charge is -2.36. The van der Waals surface area contributed by atoms with Gasteiger partial charge in [-0.15, -0.1) is 0 Å². The minimum absolute atomic E-state index is 0.0261. The van der Waals surface area contributed by atoms with Gasteiger partial charge < -0.3 is 15.7 Å². The number of likely N-dealkylation sites (tertiary alicyclic amines) is 1. The van der Waals surface area contributed by atoms with Crippen molar-refractivity contribution in [1.82, 2.24) is 15.5 Å². The maximum absolute atomic E-state index is 12.5. The number of aliphatic hydroxyl groups is 1. The number of β-amino-alcohol motifs (C(OH)–C–C–N with tert-alkyl or cyclic N) is 1. The predicted octanol–water partition coefficient (Wildman–Crippen LogP) is 0.193. The van der Waals surface area contributed by atoms with E-state index in [1.165, 1.54) is 19.3 Å². The summed E-state index contributed by atoms with van der Waals surface area (Å²) in [7, 11) is 0. The summed E-state index contributed by atoms with van der Waals surface area (Å²) in [5.41, 5.74) is 0. The van der Waals surface area contributed by atoms with Gasteiger partial charge in [-0.2, -0.15) is 0 Å². The second kappa shape index (κ2) is 7.38. The zero-order chi connectivity index (χ0) is 14.5. The third kappa shape index (κ3) is 3.93. The molecule has 2 fully saturated rings. The van der Waals surface area contributed by atoms with E-state index < -0.39 is 0 Å². The number of aliphatic hydroxyl groups excluding tert-OH is 1. The molecule has 1 amide bonds. The van der Waals surface area contributed by atoms with Crippen molar-refractivity contribution >= 4 is 5.91 Å². The molecule has 0 saturated carbocycles. The molecule has 2 saturated heterocycles. The Bertz CT molecular complexity index is 316. The molecule has 0 radical (unpaired) electrons. The average Bonchev–Trinajstić information content (AvgIpc) is 2.83. The van der Waals surface area contributed by atoms with Gasteiger partial charge >= 0.3 is 0 Å². The fourth-order valence-corrected chi connectivity index (χ4v) is 3.35. The first kappa shape index (κ1) is 15.7. The molecule has 2 aliphatic rings. The quantitative estimate of drug-likeness (QED) is 0.674. The molecule has 0 aromatic carbocycles. The van der Waals surface area contributed by atoms with Crippen LogP contribution in [0.25, 0.3) is 0 Å². The summed E-state index contributed by atoms with van der Waals surface area (Å²) in [4.78, 5) is 14.8. The molecule has 2 aliphatic heterocycles. The minimum Gasteiger partial charge on any atom is -0.391 e. The van der Waals surface area contributed by atoms with Crippen molar-refractivity contribution in [3.8, 4) is 0 Å². The highest BCUT2D eigenvalue weighted by atomic mass is 16.3. The number of hydrogen-bond acceptors (Lipinski definition) is 4. The lowest BCUT2D eigenvalue weighted by atomic mass is 9.98. The zero-order valence-electron chi connectivity index (χ0n) is 12.8. The summed E-state index contributed by atoms with van der Waals surface area (Å²) >= 11 is 0. The summed E-state index contributed by atoms with van der Waals surface area (Å²) < 4.78 is 0. The van der Waals surface area contributed by atoms with E-state index in [1.54, 1.807) is 0 Å². The van der Waals surface area contributed by atoms with Crippen LogP contribution in [0.3, 0.4) is 0 Å². The highest BCUT2D eigenvalue weighted by molar-refractivity contribution is 5.82. The summed E-state index contributed by atoms with van der Waals surface area (Å²) in [6.07, 6.45) is 3.34. The Kier molecular flexibility index (Phi) is 5.81. The predicted molar refractivity (Wildman–Crippen MR) is 79.4 cm³/mol. The number of carbonyl (C=O) groups is 1. The molecular weight excluding hydrogens is 254 g/mol. The topological polar surface area (TPSA) is 64.6 Å². The molecule has 2 rings (SSSR count). The second-order valence-electron chi connectivity index (χ2n) is 6.52. The van der Waals surface area contributed by atoms with Gasteiger partial charge in [-0.1, -0.05) is 20.3 Å². The average molecular weight is 283 g/mol. The summed E-state index contributed by atoms with van der Waals surface area (Å²) in [5, 5.41) is 16.0. The molecule has 5 nitrogen and oxygen atoms in total. The van der Waals surface area contributed by atoms with Crippen LogP contribution >= 0.6 is 0 Å². The van der Waals surface area contributed by atoms with Crippen LogP contribution in [0.1, 0.15) is 33.1 Å². The molecule has 5 heteroatoms. The van der Waals surface area contributed by atoms with Gasteiger partial charge in [0.05, 0.1) is 12.1 Å². The summed E-state index contributed by atoms with van der Waals surface area (Å²) in [5.74, 6) is 0.592. The Labute approximate surface area is 122 Å². The maximum atomic E-state index is 12.5. The molecule has 0 aromatic rings. The zero-order valence-corrected chi connectivity index (χ0v) is 12.8. The fraction of sp³-hybridized carbons (Fsp3) is 0.933. The lowest BCUT2D eigenvalue weighted by molar-refractivity contribution is -0.128. The highest BCUT2D eigenvalue weighted by Crippen LogP contribution is 2.18. The van der Waals surface area contributed by atoms with Gasteiger partial charge in [0.25, 0.3) is 0 Å². The molecule has 3 atom stereocenters. The Morgan fingerprint density at radius 1 is 1.30 bits per heavy atom. The Morgan fingerprint density at radius 3 is 2.55 bits per heavy atom. The molecule has 20 heavy (non-hydrogen) atoms. The molecule has 0 bridgehead atoms. The Hall–Kier alpha value is -0.650. The molecule has 3 N–H and O–H groups in total. The number of carbonyl (C=O) groups excluding carboxylic acids is 1. The van der Waals surface area contributed by atoms with Crippen LogP contribution in [0.2, 0.25) is 0 Å². The number of piperidine rings is 1. The third-order valence-corrected chi connectivity index (χ3v) is 4.53. The van der Waals surface area contributed by atoms with Gasteiger partial charge in [-0.25, -0.2) is 0 Å². The van der Waals surface area contributed by atoms with Gasteiger partial charge in [0.2, 0.25) is 5.91 Å². The van der Waals surface area contributed by atoms with E-state index in [-0.39, 0.29) is 24.0 Å². The number of rotatable bonds is 5. The van der Waals surface area contributed by atoms with Gasteiger partial charge in [0, 0.05) is 25.6 Å². The van der Waals surface area contributed by atoms with Crippen molar-refractivity contribution in [3.63, 3.8) is 0 Å². The van der Waals surface area contributed by atoms with Gasteiger partial charge in [-0.3, -0.25) is 9.69 Å². The van der Waals surface area contributed by atoms with Crippen LogP contribution in [0, 0.1) is 11.8 Å². The first-order valence-electron chi connectivity index (χ1n) is 8.00. The van der Waals surface area contributed by atoms with Crippen molar-refractivity contribution in [2.75, 3.05) is 32.7 Å².